The van der Waals surface area contributed by atoms with Crippen molar-refractivity contribution >= 4 is 17.8 Å². The topological polar surface area (TPSA) is 52.0 Å². The van der Waals surface area contributed by atoms with Gasteiger partial charge in [0.2, 0.25) is 0 Å². The number of nitrogens with zero attached hydrogens (tertiary/aromatic N) is 1. The predicted octanol–water partition coefficient (Wildman–Crippen LogP) is 4.16. The first-order valence-corrected chi connectivity index (χ1v) is 7.09. The molecular weight excluding hydrogens is 244 g/mol. The molecule has 0 aliphatic heterocycles. The van der Waals surface area contributed by atoms with E-state index >= 15 is 0 Å². The zero-order valence-corrected chi connectivity index (χ0v) is 11.8. The Bertz CT molecular complexity index is 517. The molecule has 0 bridgehead atoms. The van der Waals surface area contributed by atoms with Gasteiger partial charge in [-0.1, -0.05) is 32.9 Å². The summed E-state index contributed by atoms with van der Waals surface area (Å²) in [5.41, 5.74) is 7.60. The Morgan fingerprint density at radius 1 is 1.28 bits per heavy atom. The lowest BCUT2D eigenvalue weighted by atomic mass is 10.0. The van der Waals surface area contributed by atoms with E-state index in [-0.39, 0.29) is 6.01 Å². The van der Waals surface area contributed by atoms with Gasteiger partial charge in [0.05, 0.1) is 5.69 Å². The highest BCUT2D eigenvalue weighted by Gasteiger charge is 2.16. The highest BCUT2D eigenvalue weighted by atomic mass is 32.2. The maximum Gasteiger partial charge on any atom is 0.292 e. The van der Waals surface area contributed by atoms with E-state index in [0.29, 0.717) is 5.92 Å². The molecule has 1 aromatic carbocycles. The van der Waals surface area contributed by atoms with Crippen molar-refractivity contribution in [1.29, 1.82) is 0 Å². The number of hydrogen-bond acceptors (Lipinski definition) is 4. The minimum Gasteiger partial charge on any atom is -0.423 e. The molecule has 0 aliphatic rings. The molecule has 2 aromatic rings. The van der Waals surface area contributed by atoms with E-state index in [1.807, 2.05) is 11.8 Å². The van der Waals surface area contributed by atoms with Crippen LogP contribution in [0.25, 0.3) is 11.3 Å². The van der Waals surface area contributed by atoms with Crippen molar-refractivity contribution in [3.8, 4) is 11.3 Å². The third kappa shape index (κ3) is 2.70. The summed E-state index contributed by atoms with van der Waals surface area (Å²) in [4.78, 5) is 5.51. The number of benzene rings is 1. The van der Waals surface area contributed by atoms with Crippen LogP contribution < -0.4 is 5.73 Å². The molecule has 1 heterocycles. The first-order valence-electron chi connectivity index (χ1n) is 6.11. The molecule has 0 saturated heterocycles. The van der Waals surface area contributed by atoms with Gasteiger partial charge in [0, 0.05) is 10.5 Å². The second-order valence-corrected chi connectivity index (χ2v) is 5.72. The lowest BCUT2D eigenvalue weighted by molar-refractivity contribution is 0.592. The van der Waals surface area contributed by atoms with E-state index in [9.17, 15) is 0 Å². The Kier molecular flexibility index (Phi) is 3.97. The monoisotopic (exact) mass is 262 g/mol. The third-order valence-electron chi connectivity index (χ3n) is 2.64. The van der Waals surface area contributed by atoms with Gasteiger partial charge in [-0.15, -0.1) is 11.8 Å². The Morgan fingerprint density at radius 3 is 2.50 bits per heavy atom. The predicted molar refractivity (Wildman–Crippen MR) is 76.8 cm³/mol. The van der Waals surface area contributed by atoms with Crippen LogP contribution in [0.3, 0.4) is 0 Å². The van der Waals surface area contributed by atoms with Crippen LogP contribution in [0, 0.1) is 0 Å². The van der Waals surface area contributed by atoms with E-state index in [2.05, 4.69) is 50.0 Å². The number of aromatic nitrogens is 1. The summed E-state index contributed by atoms with van der Waals surface area (Å²) in [7, 11) is 0. The molecule has 2 N–H and O–H groups in total. The van der Waals surface area contributed by atoms with Crippen LogP contribution in [0.4, 0.5) is 6.01 Å². The quantitative estimate of drug-likeness (QED) is 0.841. The maximum absolute atomic E-state index is 5.65. The van der Waals surface area contributed by atoms with Gasteiger partial charge in [-0.25, -0.2) is 0 Å². The van der Waals surface area contributed by atoms with E-state index in [4.69, 9.17) is 10.2 Å². The number of oxazole rings is 1. The molecule has 0 amide bonds. The fraction of sp³-hybridized carbons (Fsp3) is 0.357. The smallest absolute Gasteiger partial charge is 0.292 e. The Labute approximate surface area is 112 Å². The van der Waals surface area contributed by atoms with E-state index in [0.717, 1.165) is 22.8 Å². The number of rotatable bonds is 4. The molecule has 0 spiro atoms. The summed E-state index contributed by atoms with van der Waals surface area (Å²) in [5.74, 6) is 2.16. The average molecular weight is 262 g/mol. The SMILES string of the molecule is CCSc1ccc(-c2oc(N)nc2C(C)C)cc1. The molecule has 0 aliphatic carbocycles. The number of nitrogen functional groups attached to an aromatic ring is 1. The Balaban J connectivity index is 2.36. The van der Waals surface area contributed by atoms with Crippen molar-refractivity contribution in [1.82, 2.24) is 4.98 Å². The van der Waals surface area contributed by atoms with E-state index in [1.165, 1.54) is 4.90 Å². The fourth-order valence-corrected chi connectivity index (χ4v) is 2.48. The van der Waals surface area contributed by atoms with Crippen LogP contribution in [0.15, 0.2) is 33.6 Å². The van der Waals surface area contributed by atoms with Crippen LogP contribution in [-0.2, 0) is 0 Å². The lowest BCUT2D eigenvalue weighted by Crippen LogP contribution is -1.91. The van der Waals surface area contributed by atoms with Gasteiger partial charge in [-0.2, -0.15) is 4.98 Å². The van der Waals surface area contributed by atoms with Gasteiger partial charge in [0.15, 0.2) is 5.76 Å². The zero-order chi connectivity index (χ0) is 13.1. The Morgan fingerprint density at radius 2 is 1.94 bits per heavy atom. The maximum atomic E-state index is 5.65. The molecule has 3 nitrogen and oxygen atoms in total. The highest BCUT2D eigenvalue weighted by molar-refractivity contribution is 7.99. The minimum atomic E-state index is 0.237. The molecule has 0 fully saturated rings. The van der Waals surface area contributed by atoms with E-state index < -0.39 is 0 Å². The molecule has 0 saturated carbocycles. The van der Waals surface area contributed by atoms with Crippen molar-refractivity contribution in [2.75, 3.05) is 11.5 Å². The van der Waals surface area contributed by atoms with Gasteiger partial charge >= 0.3 is 0 Å². The molecule has 96 valence electrons. The summed E-state index contributed by atoms with van der Waals surface area (Å²) in [6, 6.07) is 8.56. The van der Waals surface area contributed by atoms with Gasteiger partial charge in [-0.05, 0) is 23.8 Å². The van der Waals surface area contributed by atoms with Crippen LogP contribution in [0.1, 0.15) is 32.4 Å². The first-order chi connectivity index (χ1) is 8.61. The van der Waals surface area contributed by atoms with Crippen molar-refractivity contribution in [3.63, 3.8) is 0 Å². The summed E-state index contributed by atoms with van der Waals surface area (Å²) < 4.78 is 5.52. The second kappa shape index (κ2) is 5.48. The summed E-state index contributed by atoms with van der Waals surface area (Å²) in [6.07, 6.45) is 0. The normalized spacial score (nSPS) is 11.1. The highest BCUT2D eigenvalue weighted by Crippen LogP contribution is 2.31. The summed E-state index contributed by atoms with van der Waals surface area (Å²) in [6.45, 7) is 6.32. The van der Waals surface area contributed by atoms with Gasteiger partial charge in [-0.3, -0.25) is 0 Å². The minimum absolute atomic E-state index is 0.237. The molecule has 0 unspecified atom stereocenters. The summed E-state index contributed by atoms with van der Waals surface area (Å²) in [5, 5.41) is 0. The third-order valence-corrected chi connectivity index (χ3v) is 3.54. The van der Waals surface area contributed by atoms with E-state index in [1.54, 1.807) is 0 Å². The fourth-order valence-electron chi connectivity index (χ4n) is 1.82. The van der Waals surface area contributed by atoms with Crippen LogP contribution in [0.5, 0.6) is 0 Å². The number of thioether (sulfide) groups is 1. The van der Waals surface area contributed by atoms with Gasteiger partial charge < -0.3 is 10.2 Å². The average Bonchev–Trinajstić information content (AvgIpc) is 2.73. The van der Waals surface area contributed by atoms with Crippen molar-refractivity contribution in [2.24, 2.45) is 0 Å². The lowest BCUT2D eigenvalue weighted by Gasteiger charge is -2.04. The second-order valence-electron chi connectivity index (χ2n) is 4.38. The molecule has 0 atom stereocenters. The van der Waals surface area contributed by atoms with Crippen LogP contribution in [0.2, 0.25) is 0 Å². The number of nitrogens with two attached hydrogens (primary N) is 1. The molecule has 18 heavy (non-hydrogen) atoms. The zero-order valence-electron chi connectivity index (χ0n) is 10.9. The molecule has 1 aromatic heterocycles. The van der Waals surface area contributed by atoms with Gasteiger partial charge in [0.25, 0.3) is 6.01 Å². The number of anilines is 1. The van der Waals surface area contributed by atoms with Crippen LogP contribution in [-0.4, -0.2) is 10.7 Å². The van der Waals surface area contributed by atoms with Crippen molar-refractivity contribution in [3.05, 3.63) is 30.0 Å². The standard InChI is InChI=1S/C14H18N2OS/c1-4-18-11-7-5-10(6-8-11)13-12(9(2)3)16-14(15)17-13/h5-9H,4H2,1-3H3,(H2,15,16). The molecular formula is C14H18N2OS. The largest absolute Gasteiger partial charge is 0.423 e. The molecule has 2 rings (SSSR count). The van der Waals surface area contributed by atoms with Crippen LogP contribution >= 0.6 is 11.8 Å². The first kappa shape index (κ1) is 13.0. The molecule has 4 heteroatoms. The summed E-state index contributed by atoms with van der Waals surface area (Å²) >= 11 is 1.82. The van der Waals surface area contributed by atoms with Gasteiger partial charge in [0.1, 0.15) is 0 Å². The molecule has 0 radical (unpaired) electrons. The van der Waals surface area contributed by atoms with Crippen molar-refractivity contribution in [2.45, 2.75) is 31.6 Å². The van der Waals surface area contributed by atoms with Crippen molar-refractivity contribution < 1.29 is 4.42 Å². The number of hydrogen-bond donors (Lipinski definition) is 1. The Hall–Kier alpha value is -1.42.